The SMILES string of the molecule is CCOC(=O)C=C(C)O.[CH-]=C.[CH-]=C.[Zr+2]. The van der Waals surface area contributed by atoms with Gasteiger partial charge in [-0.25, -0.2) is 4.79 Å². The number of rotatable bonds is 2. The maximum absolute atomic E-state index is 10.4. The number of ether oxygens (including phenoxy) is 1. The van der Waals surface area contributed by atoms with Crippen LogP contribution in [0.15, 0.2) is 25.0 Å². The summed E-state index contributed by atoms with van der Waals surface area (Å²) >= 11 is 0. The Morgan fingerprint density at radius 2 is 1.79 bits per heavy atom. The topological polar surface area (TPSA) is 46.5 Å². The molecular formula is C10H16O3Zr. The maximum atomic E-state index is 10.4. The van der Waals surface area contributed by atoms with Crippen molar-refractivity contribution in [2.75, 3.05) is 6.61 Å². The van der Waals surface area contributed by atoms with Crippen molar-refractivity contribution in [3.8, 4) is 0 Å². The minimum atomic E-state index is -0.502. The molecule has 0 aliphatic heterocycles. The molecule has 0 aliphatic rings. The Kier molecular flexibility index (Phi) is 38.0. The second kappa shape index (κ2) is 22.8. The van der Waals surface area contributed by atoms with E-state index < -0.39 is 5.97 Å². The van der Waals surface area contributed by atoms with Gasteiger partial charge in [-0.1, -0.05) is 0 Å². The van der Waals surface area contributed by atoms with Crippen LogP contribution in [0.2, 0.25) is 0 Å². The zero-order valence-corrected chi connectivity index (χ0v) is 11.1. The summed E-state index contributed by atoms with van der Waals surface area (Å²) in [6.45, 7) is 17.5. The van der Waals surface area contributed by atoms with Crippen LogP contribution in [-0.2, 0) is 35.7 Å². The van der Waals surface area contributed by atoms with Crippen molar-refractivity contribution in [3.05, 3.63) is 38.2 Å². The van der Waals surface area contributed by atoms with E-state index in [4.69, 9.17) is 5.11 Å². The molecule has 0 spiro atoms. The average Bonchev–Trinajstić information content (AvgIpc) is 2.10. The zero-order valence-electron chi connectivity index (χ0n) is 8.62. The van der Waals surface area contributed by atoms with E-state index >= 15 is 0 Å². The predicted molar refractivity (Wildman–Crippen MR) is 52.9 cm³/mol. The van der Waals surface area contributed by atoms with Gasteiger partial charge in [0.15, 0.2) is 0 Å². The second-order valence-corrected chi connectivity index (χ2v) is 1.54. The van der Waals surface area contributed by atoms with E-state index in [1.54, 1.807) is 6.92 Å². The average molecular weight is 275 g/mol. The molecule has 1 N–H and O–H groups in total. The van der Waals surface area contributed by atoms with Gasteiger partial charge in [0.1, 0.15) is 0 Å². The van der Waals surface area contributed by atoms with Crippen LogP contribution in [0.1, 0.15) is 13.8 Å². The Labute approximate surface area is 105 Å². The van der Waals surface area contributed by atoms with E-state index in [0.717, 1.165) is 6.08 Å². The third kappa shape index (κ3) is 30.1. The van der Waals surface area contributed by atoms with Gasteiger partial charge in [-0.3, -0.25) is 13.2 Å². The molecule has 0 aromatic heterocycles. The van der Waals surface area contributed by atoms with E-state index in [0.29, 0.717) is 6.61 Å². The van der Waals surface area contributed by atoms with Crippen molar-refractivity contribution in [1.82, 2.24) is 0 Å². The molecule has 0 unspecified atom stereocenters. The van der Waals surface area contributed by atoms with Crippen molar-refractivity contribution in [2.45, 2.75) is 13.8 Å². The molecule has 0 atom stereocenters. The van der Waals surface area contributed by atoms with E-state index in [1.807, 2.05) is 0 Å². The number of hydrogen-bond donors (Lipinski definition) is 1. The second-order valence-electron chi connectivity index (χ2n) is 1.54. The third-order valence-electron chi connectivity index (χ3n) is 0.613. The number of esters is 1. The van der Waals surface area contributed by atoms with Crippen LogP contribution < -0.4 is 0 Å². The molecule has 0 fully saturated rings. The molecule has 0 radical (unpaired) electrons. The first-order valence-corrected chi connectivity index (χ1v) is 3.52. The van der Waals surface area contributed by atoms with Gasteiger partial charge < -0.3 is 23.0 Å². The van der Waals surface area contributed by atoms with E-state index in [-0.39, 0.29) is 32.0 Å². The molecule has 0 aromatic rings. The predicted octanol–water partition coefficient (Wildman–Crippen LogP) is 2.22. The number of hydrogen-bond acceptors (Lipinski definition) is 3. The van der Waals surface area contributed by atoms with E-state index in [2.05, 4.69) is 31.1 Å². The van der Waals surface area contributed by atoms with Gasteiger partial charge in [0, 0.05) is 0 Å². The van der Waals surface area contributed by atoms with Crippen LogP contribution in [0.3, 0.4) is 0 Å². The number of aliphatic hydroxyl groups is 1. The van der Waals surface area contributed by atoms with Crippen LogP contribution in [0, 0.1) is 13.2 Å². The molecule has 0 heterocycles. The fraction of sp³-hybridized carbons (Fsp3) is 0.300. The number of aliphatic hydroxyl groups excluding tert-OH is 1. The molecule has 0 bridgehead atoms. The number of carbonyl (C=O) groups is 1. The first kappa shape index (κ1) is 23.3. The van der Waals surface area contributed by atoms with Crippen LogP contribution >= 0.6 is 0 Å². The van der Waals surface area contributed by atoms with Crippen molar-refractivity contribution < 1.29 is 40.8 Å². The van der Waals surface area contributed by atoms with Gasteiger partial charge in [-0.15, -0.1) is 0 Å². The van der Waals surface area contributed by atoms with Crippen molar-refractivity contribution in [3.63, 3.8) is 0 Å². The molecule has 3 nitrogen and oxygen atoms in total. The van der Waals surface area contributed by atoms with E-state index in [1.165, 1.54) is 6.92 Å². The van der Waals surface area contributed by atoms with Gasteiger partial charge in [0.05, 0.1) is 18.4 Å². The minimum absolute atomic E-state index is 0. The first-order chi connectivity index (χ1) is 6.16. The summed E-state index contributed by atoms with van der Waals surface area (Å²) < 4.78 is 4.48. The monoisotopic (exact) mass is 274 g/mol. The van der Waals surface area contributed by atoms with Gasteiger partial charge in [-0.2, -0.15) is 0 Å². The third-order valence-corrected chi connectivity index (χ3v) is 0.613. The van der Waals surface area contributed by atoms with Gasteiger partial charge >= 0.3 is 32.2 Å². The fourth-order valence-corrected chi connectivity index (χ4v) is 0.354. The molecule has 0 saturated carbocycles. The van der Waals surface area contributed by atoms with Crippen LogP contribution in [-0.4, -0.2) is 17.7 Å². The summed E-state index contributed by atoms with van der Waals surface area (Å²) in [5, 5.41) is 8.51. The van der Waals surface area contributed by atoms with Crippen molar-refractivity contribution >= 4 is 5.97 Å². The molecule has 0 amide bonds. The van der Waals surface area contributed by atoms with Crippen molar-refractivity contribution in [1.29, 1.82) is 0 Å². The summed E-state index contributed by atoms with van der Waals surface area (Å²) in [4.78, 5) is 10.4. The van der Waals surface area contributed by atoms with E-state index in [9.17, 15) is 4.79 Å². The summed E-state index contributed by atoms with van der Waals surface area (Å²) in [5.74, 6) is -0.536. The summed E-state index contributed by atoms with van der Waals surface area (Å²) in [6, 6.07) is 0. The Morgan fingerprint density at radius 1 is 1.43 bits per heavy atom. The Bertz CT molecular complexity index is 149. The molecule has 0 aromatic carbocycles. The fourth-order valence-electron chi connectivity index (χ4n) is 0.354. The van der Waals surface area contributed by atoms with Gasteiger partial charge in [-0.05, 0) is 13.8 Å². The van der Waals surface area contributed by atoms with Crippen LogP contribution in [0.4, 0.5) is 0 Å². The van der Waals surface area contributed by atoms with Crippen LogP contribution in [0.25, 0.3) is 0 Å². The summed E-state index contributed by atoms with van der Waals surface area (Å²) in [7, 11) is 0. The largest absolute Gasteiger partial charge is 2.00 e. The van der Waals surface area contributed by atoms with Gasteiger partial charge in [0.25, 0.3) is 0 Å². The number of carbonyl (C=O) groups excluding carboxylic acids is 1. The Morgan fingerprint density at radius 3 is 2.00 bits per heavy atom. The van der Waals surface area contributed by atoms with Crippen molar-refractivity contribution in [2.24, 2.45) is 0 Å². The zero-order chi connectivity index (χ0) is 11.3. The first-order valence-electron chi connectivity index (χ1n) is 3.52. The number of allylic oxidation sites excluding steroid dienone is 1. The Balaban J connectivity index is -0.0000000883. The minimum Gasteiger partial charge on any atom is -0.521 e. The summed E-state index contributed by atoms with van der Waals surface area (Å²) in [6.07, 6.45) is 1.03. The molecule has 0 rings (SSSR count). The molecule has 0 aliphatic carbocycles. The molecule has 4 heteroatoms. The smallest absolute Gasteiger partial charge is 0.521 e. The van der Waals surface area contributed by atoms with Crippen LogP contribution in [0.5, 0.6) is 0 Å². The Hall–Kier alpha value is -0.627. The molecule has 14 heavy (non-hydrogen) atoms. The quantitative estimate of drug-likeness (QED) is 0.364. The standard InChI is InChI=1S/C6H10O3.2C2H3.Zr/c1-3-9-6(8)4-5(2)7;2*1-2;/h4,7H,3H2,1-2H3;2*1H,2H2;/q;2*-1;+2. The normalized spacial score (nSPS) is 7.71. The molecule has 78 valence electrons. The summed E-state index contributed by atoms with van der Waals surface area (Å²) in [5.41, 5.74) is 0. The molecule has 0 saturated heterocycles. The molecular weight excluding hydrogens is 259 g/mol. The maximum Gasteiger partial charge on any atom is 2.00 e. The van der Waals surface area contributed by atoms with Gasteiger partial charge in [0.2, 0.25) is 0 Å².